The van der Waals surface area contributed by atoms with Crippen LogP contribution in [0.15, 0.2) is 29.3 Å². The molecular formula is C19H29F3N4O. The summed E-state index contributed by atoms with van der Waals surface area (Å²) in [6.07, 6.45) is -2.45. The molecule has 1 aromatic carbocycles. The molecule has 8 heteroatoms. The Morgan fingerprint density at radius 2 is 1.78 bits per heavy atom. The third-order valence-corrected chi connectivity index (χ3v) is 5.00. The Bertz CT molecular complexity index is 608. The Kier molecular flexibility index (Phi) is 7.49. The molecule has 1 aliphatic rings. The first-order valence-electron chi connectivity index (χ1n) is 9.20. The van der Waals surface area contributed by atoms with Crippen molar-refractivity contribution in [3.8, 4) is 0 Å². The highest BCUT2D eigenvalue weighted by molar-refractivity contribution is 5.79. The fourth-order valence-electron chi connectivity index (χ4n) is 3.09. The number of nitrogens with zero attached hydrogens (tertiary/aromatic N) is 2. The van der Waals surface area contributed by atoms with Gasteiger partial charge in [-0.3, -0.25) is 0 Å². The highest BCUT2D eigenvalue weighted by Crippen LogP contribution is 2.29. The molecule has 2 N–H and O–H groups in total. The van der Waals surface area contributed by atoms with Gasteiger partial charge in [0.2, 0.25) is 0 Å². The number of aliphatic imine (C=N–C) groups is 1. The van der Waals surface area contributed by atoms with Crippen LogP contribution in [0.2, 0.25) is 0 Å². The van der Waals surface area contributed by atoms with Crippen molar-refractivity contribution in [3.05, 3.63) is 35.4 Å². The van der Waals surface area contributed by atoms with Gasteiger partial charge in [-0.2, -0.15) is 13.2 Å². The number of nitrogens with one attached hydrogen (secondary N) is 2. The Morgan fingerprint density at radius 1 is 1.15 bits per heavy atom. The number of hydrogen-bond acceptors (Lipinski definition) is 3. The van der Waals surface area contributed by atoms with E-state index >= 15 is 0 Å². The zero-order valence-corrected chi connectivity index (χ0v) is 16.2. The number of likely N-dealkylation sites (N-methyl/N-ethyl adjacent to an activating group) is 1. The highest BCUT2D eigenvalue weighted by Gasteiger charge is 2.34. The van der Waals surface area contributed by atoms with E-state index in [1.165, 1.54) is 12.1 Å². The molecular weight excluding hydrogens is 357 g/mol. The van der Waals surface area contributed by atoms with Crippen LogP contribution in [0.5, 0.6) is 0 Å². The maximum Gasteiger partial charge on any atom is 0.416 e. The number of alkyl halides is 3. The molecule has 0 bridgehead atoms. The molecule has 1 saturated heterocycles. The molecule has 2 rings (SSSR count). The molecule has 1 aromatic rings. The van der Waals surface area contributed by atoms with Crippen LogP contribution in [-0.2, 0) is 17.5 Å². The molecule has 0 amide bonds. The zero-order valence-electron chi connectivity index (χ0n) is 16.2. The summed E-state index contributed by atoms with van der Waals surface area (Å²) in [4.78, 5) is 6.74. The first kappa shape index (κ1) is 21.5. The van der Waals surface area contributed by atoms with Crippen molar-refractivity contribution in [1.82, 2.24) is 15.5 Å². The molecule has 0 saturated carbocycles. The maximum atomic E-state index is 12.7. The molecule has 0 atom stereocenters. The summed E-state index contributed by atoms with van der Waals surface area (Å²) in [6.45, 7) is 5.19. The number of rotatable bonds is 6. The van der Waals surface area contributed by atoms with Gasteiger partial charge in [-0.05, 0) is 51.6 Å². The lowest BCUT2D eigenvalue weighted by Crippen LogP contribution is -2.57. The van der Waals surface area contributed by atoms with Gasteiger partial charge in [0.15, 0.2) is 5.96 Å². The van der Waals surface area contributed by atoms with Crippen LogP contribution in [0.25, 0.3) is 0 Å². The van der Waals surface area contributed by atoms with Gasteiger partial charge in [0.25, 0.3) is 0 Å². The second-order valence-electron chi connectivity index (χ2n) is 6.97. The van der Waals surface area contributed by atoms with Gasteiger partial charge in [0.1, 0.15) is 0 Å². The van der Waals surface area contributed by atoms with Crippen LogP contribution in [0, 0.1) is 0 Å². The lowest BCUT2D eigenvalue weighted by atomic mass is 9.88. The van der Waals surface area contributed by atoms with Crippen LogP contribution < -0.4 is 10.6 Å². The normalized spacial score (nSPS) is 17.8. The standard InChI is InChI=1S/C19H29F3N4O/c1-4-23-17(25-14-18(26(2)3)9-11-27-12-10-18)24-13-15-5-7-16(8-6-15)19(20,21)22/h5-8H,4,9-14H2,1-3H3,(H2,23,24,25). The lowest BCUT2D eigenvalue weighted by Gasteiger charge is -2.43. The summed E-state index contributed by atoms with van der Waals surface area (Å²) in [7, 11) is 4.14. The van der Waals surface area contributed by atoms with Crippen molar-refractivity contribution in [1.29, 1.82) is 0 Å². The molecule has 1 fully saturated rings. The van der Waals surface area contributed by atoms with Gasteiger partial charge in [-0.15, -0.1) is 0 Å². The Labute approximate surface area is 159 Å². The summed E-state index contributed by atoms with van der Waals surface area (Å²) < 4.78 is 43.4. The molecule has 0 unspecified atom stereocenters. The van der Waals surface area contributed by atoms with E-state index in [-0.39, 0.29) is 5.54 Å². The van der Waals surface area contributed by atoms with E-state index in [0.717, 1.165) is 50.3 Å². The van der Waals surface area contributed by atoms with Gasteiger partial charge < -0.3 is 20.3 Å². The van der Waals surface area contributed by atoms with E-state index in [1.807, 2.05) is 6.92 Å². The number of ether oxygens (including phenoxy) is 1. The molecule has 0 aliphatic carbocycles. The topological polar surface area (TPSA) is 48.9 Å². The quantitative estimate of drug-likeness (QED) is 0.583. The second kappa shape index (κ2) is 9.41. The number of halogens is 3. The van der Waals surface area contributed by atoms with Crippen molar-refractivity contribution >= 4 is 5.96 Å². The van der Waals surface area contributed by atoms with Gasteiger partial charge in [0, 0.05) is 31.8 Å². The van der Waals surface area contributed by atoms with E-state index in [2.05, 4.69) is 34.6 Å². The van der Waals surface area contributed by atoms with Gasteiger partial charge in [0.05, 0.1) is 12.1 Å². The Balaban J connectivity index is 2.01. The molecule has 0 aromatic heterocycles. The molecule has 0 spiro atoms. The second-order valence-corrected chi connectivity index (χ2v) is 6.97. The monoisotopic (exact) mass is 386 g/mol. The summed E-state index contributed by atoms with van der Waals surface area (Å²) in [5.41, 5.74) is 0.0873. The Hall–Kier alpha value is -1.80. The summed E-state index contributed by atoms with van der Waals surface area (Å²) in [5.74, 6) is 0.658. The van der Waals surface area contributed by atoms with Crippen molar-refractivity contribution < 1.29 is 17.9 Å². The third kappa shape index (κ3) is 6.10. The molecule has 1 heterocycles. The van der Waals surface area contributed by atoms with Crippen molar-refractivity contribution in [2.75, 3.05) is 40.4 Å². The summed E-state index contributed by atoms with van der Waals surface area (Å²) >= 11 is 0. The van der Waals surface area contributed by atoms with Crippen LogP contribution >= 0.6 is 0 Å². The van der Waals surface area contributed by atoms with Gasteiger partial charge in [-0.1, -0.05) is 12.1 Å². The molecule has 1 aliphatic heterocycles. The Morgan fingerprint density at radius 3 is 2.30 bits per heavy atom. The highest BCUT2D eigenvalue weighted by atomic mass is 19.4. The zero-order chi connectivity index (χ0) is 19.9. The summed E-state index contributed by atoms with van der Waals surface area (Å²) in [5, 5.41) is 6.57. The predicted octanol–water partition coefficient (Wildman–Crippen LogP) is 2.87. The number of benzene rings is 1. The molecule has 27 heavy (non-hydrogen) atoms. The van der Waals surface area contributed by atoms with E-state index in [4.69, 9.17) is 4.74 Å². The van der Waals surface area contributed by atoms with E-state index in [1.54, 1.807) is 0 Å². The fraction of sp³-hybridized carbons (Fsp3) is 0.632. The first-order valence-corrected chi connectivity index (χ1v) is 9.20. The third-order valence-electron chi connectivity index (χ3n) is 5.00. The van der Waals surface area contributed by atoms with Crippen LogP contribution in [0.4, 0.5) is 13.2 Å². The minimum atomic E-state index is -4.32. The maximum absolute atomic E-state index is 12.7. The van der Waals surface area contributed by atoms with E-state index in [0.29, 0.717) is 19.0 Å². The average molecular weight is 386 g/mol. The first-order chi connectivity index (χ1) is 12.8. The van der Waals surface area contributed by atoms with Crippen molar-refractivity contribution in [2.24, 2.45) is 4.99 Å². The number of hydrogen-bond donors (Lipinski definition) is 2. The van der Waals surface area contributed by atoms with Crippen LogP contribution in [0.3, 0.4) is 0 Å². The van der Waals surface area contributed by atoms with E-state index in [9.17, 15) is 13.2 Å². The largest absolute Gasteiger partial charge is 0.416 e. The van der Waals surface area contributed by atoms with Crippen LogP contribution in [0.1, 0.15) is 30.9 Å². The van der Waals surface area contributed by atoms with Gasteiger partial charge in [-0.25, -0.2) is 4.99 Å². The van der Waals surface area contributed by atoms with E-state index < -0.39 is 11.7 Å². The van der Waals surface area contributed by atoms with Crippen molar-refractivity contribution in [3.63, 3.8) is 0 Å². The predicted molar refractivity (Wildman–Crippen MR) is 101 cm³/mol. The molecule has 0 radical (unpaired) electrons. The smallest absolute Gasteiger partial charge is 0.381 e. The average Bonchev–Trinajstić information content (AvgIpc) is 2.64. The fourth-order valence-corrected chi connectivity index (χ4v) is 3.09. The SMILES string of the molecule is CCNC(=NCc1ccc(C(F)(F)F)cc1)NCC1(N(C)C)CCOCC1. The minimum absolute atomic E-state index is 0.00278. The lowest BCUT2D eigenvalue weighted by molar-refractivity contribution is -0.137. The number of guanidine groups is 1. The minimum Gasteiger partial charge on any atom is -0.381 e. The van der Waals surface area contributed by atoms with Gasteiger partial charge >= 0.3 is 6.18 Å². The molecule has 5 nitrogen and oxygen atoms in total. The van der Waals surface area contributed by atoms with Crippen LogP contribution in [-0.4, -0.2) is 56.8 Å². The molecule has 152 valence electrons. The summed E-state index contributed by atoms with van der Waals surface area (Å²) in [6, 6.07) is 5.12. The van der Waals surface area contributed by atoms with Crippen molar-refractivity contribution in [2.45, 2.75) is 38.0 Å².